The van der Waals surface area contributed by atoms with Crippen molar-refractivity contribution in [3.05, 3.63) is 0 Å². The Morgan fingerprint density at radius 2 is 1.88 bits per heavy atom. The Kier molecular flexibility index (Phi) is 5.06. The fourth-order valence-corrected chi connectivity index (χ4v) is 1.38. The molecule has 0 aliphatic carbocycles. The van der Waals surface area contributed by atoms with E-state index in [0.717, 1.165) is 14.2 Å². The molecule has 1 unspecified atom stereocenters. The van der Waals surface area contributed by atoms with Crippen LogP contribution in [-0.4, -0.2) is 43.3 Å². The smallest absolute Gasteiger partial charge is 0.418 e. The molecule has 0 aliphatic rings. The second-order valence-corrected chi connectivity index (χ2v) is 3.29. The van der Waals surface area contributed by atoms with Gasteiger partial charge in [-0.2, -0.15) is 13.2 Å². The number of ether oxygens (including phenoxy) is 1. The standard InChI is InChI=1S/C11H12F3NO2/c1-5-7-10(9(16)17-4,11(12,13)14)15(3)8-6-2/h1-2H,7-8H2,3-4H3. The number of alkyl halides is 3. The van der Waals surface area contributed by atoms with Crippen LogP contribution in [0.3, 0.4) is 0 Å². The zero-order valence-electron chi connectivity index (χ0n) is 9.47. The molecular formula is C11H12F3NO2. The van der Waals surface area contributed by atoms with Gasteiger partial charge in [0, 0.05) is 6.42 Å². The van der Waals surface area contributed by atoms with Gasteiger partial charge in [-0.15, -0.1) is 18.8 Å². The van der Waals surface area contributed by atoms with Crippen LogP contribution >= 0.6 is 0 Å². The molecule has 94 valence electrons. The van der Waals surface area contributed by atoms with E-state index >= 15 is 0 Å². The number of terminal acetylenes is 2. The maximum absolute atomic E-state index is 13.1. The summed E-state index contributed by atoms with van der Waals surface area (Å²) in [7, 11) is 1.94. The Morgan fingerprint density at radius 3 is 2.18 bits per heavy atom. The van der Waals surface area contributed by atoms with Gasteiger partial charge in [0.2, 0.25) is 5.54 Å². The summed E-state index contributed by atoms with van der Waals surface area (Å²) in [6, 6.07) is 0. The molecule has 0 rings (SSSR count). The largest absolute Gasteiger partial charge is 0.467 e. The van der Waals surface area contributed by atoms with Gasteiger partial charge in [-0.3, -0.25) is 4.90 Å². The summed E-state index contributed by atoms with van der Waals surface area (Å²) in [5.41, 5.74) is -2.90. The van der Waals surface area contributed by atoms with Crippen molar-refractivity contribution >= 4 is 5.97 Å². The lowest BCUT2D eigenvalue weighted by Crippen LogP contribution is -2.63. The van der Waals surface area contributed by atoms with Crippen molar-refractivity contribution in [2.24, 2.45) is 0 Å². The first kappa shape index (κ1) is 15.3. The number of hydrogen-bond donors (Lipinski definition) is 0. The molecular weight excluding hydrogens is 235 g/mol. The number of methoxy groups -OCH3 is 1. The predicted octanol–water partition coefficient (Wildman–Crippen LogP) is 1.05. The van der Waals surface area contributed by atoms with Gasteiger partial charge in [-0.25, -0.2) is 4.79 Å². The second-order valence-electron chi connectivity index (χ2n) is 3.29. The minimum atomic E-state index is -4.88. The lowest BCUT2D eigenvalue weighted by molar-refractivity contribution is -0.234. The zero-order valence-corrected chi connectivity index (χ0v) is 9.47. The Balaban J connectivity index is 5.68. The molecule has 0 aromatic heterocycles. The van der Waals surface area contributed by atoms with Crippen LogP contribution in [0.1, 0.15) is 6.42 Å². The molecule has 0 aromatic rings. The van der Waals surface area contributed by atoms with E-state index in [4.69, 9.17) is 12.8 Å². The van der Waals surface area contributed by atoms with E-state index in [-0.39, 0.29) is 6.54 Å². The monoisotopic (exact) mass is 247 g/mol. The maximum Gasteiger partial charge on any atom is 0.418 e. The topological polar surface area (TPSA) is 29.5 Å². The van der Waals surface area contributed by atoms with Gasteiger partial charge in [0.1, 0.15) is 0 Å². The number of hydrogen-bond acceptors (Lipinski definition) is 3. The van der Waals surface area contributed by atoms with Gasteiger partial charge < -0.3 is 4.74 Å². The molecule has 1 atom stereocenters. The Labute approximate surface area is 97.9 Å². The molecule has 0 saturated carbocycles. The van der Waals surface area contributed by atoms with E-state index in [1.54, 1.807) is 0 Å². The van der Waals surface area contributed by atoms with Gasteiger partial charge in [0.25, 0.3) is 0 Å². The second kappa shape index (κ2) is 5.60. The summed E-state index contributed by atoms with van der Waals surface area (Å²) in [6.45, 7) is -0.379. The van der Waals surface area contributed by atoms with Crippen LogP contribution in [0.25, 0.3) is 0 Å². The SMILES string of the molecule is C#CCN(C)C(CC#C)(C(=O)OC)C(F)(F)F. The number of rotatable bonds is 4. The van der Waals surface area contributed by atoms with Crippen molar-refractivity contribution in [3.8, 4) is 24.7 Å². The summed E-state index contributed by atoms with van der Waals surface area (Å²) in [5.74, 6) is 2.40. The predicted molar refractivity (Wildman–Crippen MR) is 55.7 cm³/mol. The van der Waals surface area contributed by atoms with Crippen LogP contribution in [0.4, 0.5) is 13.2 Å². The van der Waals surface area contributed by atoms with Gasteiger partial charge in [0.05, 0.1) is 13.7 Å². The fourth-order valence-electron chi connectivity index (χ4n) is 1.38. The average molecular weight is 247 g/mol. The number of halogens is 3. The van der Waals surface area contributed by atoms with Crippen molar-refractivity contribution in [2.45, 2.75) is 18.1 Å². The van der Waals surface area contributed by atoms with Gasteiger partial charge in [0.15, 0.2) is 0 Å². The van der Waals surface area contributed by atoms with Gasteiger partial charge in [-0.05, 0) is 7.05 Å². The molecule has 0 fully saturated rings. The van der Waals surface area contributed by atoms with Crippen LogP contribution in [-0.2, 0) is 9.53 Å². The number of carbonyl (C=O) groups excluding carboxylic acids is 1. The molecule has 3 nitrogen and oxygen atoms in total. The number of esters is 1. The minimum absolute atomic E-state index is 0.379. The van der Waals surface area contributed by atoms with Crippen molar-refractivity contribution in [1.29, 1.82) is 0 Å². The summed E-state index contributed by atoms with van der Waals surface area (Å²) in [5, 5.41) is 0. The van der Waals surface area contributed by atoms with E-state index in [1.807, 2.05) is 11.8 Å². The third-order valence-corrected chi connectivity index (χ3v) is 2.33. The molecule has 0 N–H and O–H groups in total. The Bertz CT molecular complexity index is 364. The van der Waals surface area contributed by atoms with Gasteiger partial charge in [-0.1, -0.05) is 5.92 Å². The molecule has 0 bridgehead atoms. The quantitative estimate of drug-likeness (QED) is 0.549. The number of carbonyl (C=O) groups is 1. The minimum Gasteiger partial charge on any atom is -0.467 e. The van der Waals surface area contributed by atoms with E-state index in [2.05, 4.69) is 4.74 Å². The molecule has 0 spiro atoms. The normalized spacial score (nSPS) is 14.6. The Morgan fingerprint density at radius 1 is 1.35 bits per heavy atom. The summed E-state index contributed by atoms with van der Waals surface area (Å²) >= 11 is 0. The molecule has 0 aliphatic heterocycles. The van der Waals surface area contributed by atoms with E-state index in [0.29, 0.717) is 4.90 Å². The first-order valence-corrected chi connectivity index (χ1v) is 4.51. The van der Waals surface area contributed by atoms with Crippen LogP contribution in [0, 0.1) is 24.7 Å². The number of likely N-dealkylation sites (N-methyl/N-ethyl adjacent to an activating group) is 1. The highest BCUT2D eigenvalue weighted by Crippen LogP contribution is 2.38. The van der Waals surface area contributed by atoms with Crippen molar-refractivity contribution in [3.63, 3.8) is 0 Å². The molecule has 0 radical (unpaired) electrons. The number of nitrogens with zero attached hydrogens (tertiary/aromatic N) is 1. The summed E-state index contributed by atoms with van der Waals surface area (Å²) in [6.07, 6.45) is 4.11. The highest BCUT2D eigenvalue weighted by Gasteiger charge is 2.63. The van der Waals surface area contributed by atoms with E-state index in [1.165, 1.54) is 0 Å². The highest BCUT2D eigenvalue weighted by molar-refractivity contribution is 5.82. The van der Waals surface area contributed by atoms with E-state index < -0.39 is 24.1 Å². The zero-order chi connectivity index (χ0) is 13.7. The molecule has 0 heterocycles. The third-order valence-electron chi connectivity index (χ3n) is 2.33. The van der Waals surface area contributed by atoms with Gasteiger partial charge >= 0.3 is 12.1 Å². The first-order valence-electron chi connectivity index (χ1n) is 4.51. The van der Waals surface area contributed by atoms with Crippen molar-refractivity contribution in [1.82, 2.24) is 4.90 Å². The van der Waals surface area contributed by atoms with Crippen LogP contribution in [0.15, 0.2) is 0 Å². The Hall–Kier alpha value is -1.66. The van der Waals surface area contributed by atoms with Crippen LogP contribution in [0.2, 0.25) is 0 Å². The lowest BCUT2D eigenvalue weighted by Gasteiger charge is -2.38. The molecule has 0 aromatic carbocycles. The van der Waals surface area contributed by atoms with Crippen molar-refractivity contribution < 1.29 is 22.7 Å². The molecule has 17 heavy (non-hydrogen) atoms. The molecule has 6 heteroatoms. The average Bonchev–Trinajstić information content (AvgIpc) is 2.23. The molecule has 0 saturated heterocycles. The maximum atomic E-state index is 13.1. The molecule has 0 amide bonds. The first-order chi connectivity index (χ1) is 7.77. The highest BCUT2D eigenvalue weighted by atomic mass is 19.4. The van der Waals surface area contributed by atoms with Crippen molar-refractivity contribution in [2.75, 3.05) is 20.7 Å². The summed E-state index contributed by atoms with van der Waals surface area (Å²) < 4.78 is 43.4. The van der Waals surface area contributed by atoms with E-state index in [9.17, 15) is 18.0 Å². The van der Waals surface area contributed by atoms with Crippen LogP contribution < -0.4 is 0 Å². The van der Waals surface area contributed by atoms with Crippen LogP contribution in [0.5, 0.6) is 0 Å². The third kappa shape index (κ3) is 2.72. The lowest BCUT2D eigenvalue weighted by atomic mass is 9.92. The fraction of sp³-hybridized carbons (Fsp3) is 0.545. The summed E-state index contributed by atoms with van der Waals surface area (Å²) in [4.78, 5) is 12.1.